The molecular weight excluding hydrogens is 361 g/mol. The minimum atomic E-state index is -0.524. The molecule has 0 radical (unpaired) electrons. The van der Waals surface area contributed by atoms with E-state index in [1.54, 1.807) is 31.3 Å². The largest absolute Gasteiger partial charge is 0.461 e. The van der Waals surface area contributed by atoms with Crippen molar-refractivity contribution in [1.82, 2.24) is 19.9 Å². The molecule has 0 amide bonds. The minimum absolute atomic E-state index is 0.0815. The molecule has 146 valence electrons. The Morgan fingerprint density at radius 2 is 2.04 bits per heavy atom. The van der Waals surface area contributed by atoms with Crippen LogP contribution in [0.5, 0.6) is 0 Å². The molecule has 1 aromatic carbocycles. The molecule has 7 nitrogen and oxygen atoms in total. The molecule has 2 heterocycles. The van der Waals surface area contributed by atoms with Crippen LogP contribution in [0.4, 0.5) is 16.0 Å². The molecule has 0 aliphatic carbocycles. The number of imidazole rings is 1. The summed E-state index contributed by atoms with van der Waals surface area (Å²) in [6.07, 6.45) is 1.71. The summed E-state index contributed by atoms with van der Waals surface area (Å²) in [5, 5.41) is 2.96. The molecule has 0 saturated carbocycles. The van der Waals surface area contributed by atoms with Crippen LogP contribution in [0.25, 0.3) is 11.4 Å². The number of anilines is 2. The summed E-state index contributed by atoms with van der Waals surface area (Å²) >= 11 is 0. The number of nitrogens with one attached hydrogen (secondary N) is 2. The normalized spacial score (nSPS) is 10.9. The maximum absolute atomic E-state index is 14.5. The van der Waals surface area contributed by atoms with Gasteiger partial charge in [0.05, 0.1) is 17.9 Å². The van der Waals surface area contributed by atoms with Crippen molar-refractivity contribution in [1.29, 1.82) is 0 Å². The Morgan fingerprint density at radius 3 is 2.64 bits per heavy atom. The van der Waals surface area contributed by atoms with Crippen LogP contribution >= 0.6 is 0 Å². The molecule has 0 aliphatic rings. The number of esters is 1. The first kappa shape index (κ1) is 19.5. The molecule has 2 aromatic heterocycles. The predicted molar refractivity (Wildman–Crippen MR) is 104 cm³/mol. The van der Waals surface area contributed by atoms with Crippen molar-refractivity contribution in [2.45, 2.75) is 33.6 Å². The highest BCUT2D eigenvalue weighted by Crippen LogP contribution is 2.25. The fourth-order valence-electron chi connectivity index (χ4n) is 2.59. The van der Waals surface area contributed by atoms with E-state index in [2.05, 4.69) is 25.3 Å². The van der Waals surface area contributed by atoms with E-state index in [1.807, 2.05) is 20.8 Å². The van der Waals surface area contributed by atoms with Crippen molar-refractivity contribution in [3.8, 4) is 11.4 Å². The van der Waals surface area contributed by atoms with Gasteiger partial charge in [-0.1, -0.05) is 13.8 Å². The van der Waals surface area contributed by atoms with Crippen LogP contribution in [0.15, 0.2) is 30.5 Å². The highest BCUT2D eigenvalue weighted by molar-refractivity contribution is 5.87. The van der Waals surface area contributed by atoms with Crippen LogP contribution in [0.1, 0.15) is 48.6 Å². The van der Waals surface area contributed by atoms with E-state index < -0.39 is 11.8 Å². The van der Waals surface area contributed by atoms with E-state index in [1.165, 1.54) is 6.07 Å². The Hall–Kier alpha value is -3.29. The maximum Gasteiger partial charge on any atom is 0.357 e. The molecule has 0 saturated heterocycles. The monoisotopic (exact) mass is 383 g/mol. The van der Waals surface area contributed by atoms with Gasteiger partial charge in [0, 0.05) is 17.6 Å². The molecule has 2 N–H and O–H groups in total. The fourth-order valence-corrected chi connectivity index (χ4v) is 2.59. The number of hydrogen-bond acceptors (Lipinski definition) is 6. The summed E-state index contributed by atoms with van der Waals surface area (Å²) in [6.45, 7) is 7.73. The average molecular weight is 383 g/mol. The Balaban J connectivity index is 1.90. The van der Waals surface area contributed by atoms with Gasteiger partial charge in [-0.3, -0.25) is 0 Å². The zero-order valence-electron chi connectivity index (χ0n) is 16.2. The lowest BCUT2D eigenvalue weighted by molar-refractivity contribution is 0.0519. The number of hydrogen-bond donors (Lipinski definition) is 2. The predicted octanol–water partition coefficient (Wildman–Crippen LogP) is 4.36. The van der Waals surface area contributed by atoms with E-state index in [4.69, 9.17) is 4.74 Å². The van der Waals surface area contributed by atoms with Crippen molar-refractivity contribution in [3.05, 3.63) is 53.4 Å². The molecule has 28 heavy (non-hydrogen) atoms. The third-order valence-electron chi connectivity index (χ3n) is 4.01. The first-order valence-corrected chi connectivity index (χ1v) is 9.02. The number of ether oxygens (including phenoxy) is 1. The quantitative estimate of drug-likeness (QED) is 0.615. The molecule has 0 fully saturated rings. The Bertz CT molecular complexity index is 1000. The number of rotatable bonds is 6. The van der Waals surface area contributed by atoms with Crippen LogP contribution in [0, 0.1) is 12.7 Å². The van der Waals surface area contributed by atoms with Gasteiger partial charge in [0.15, 0.2) is 5.69 Å². The zero-order valence-corrected chi connectivity index (χ0v) is 16.2. The number of benzene rings is 1. The van der Waals surface area contributed by atoms with E-state index in [0.29, 0.717) is 22.8 Å². The number of nitrogens with zero attached hydrogens (tertiary/aromatic N) is 3. The van der Waals surface area contributed by atoms with Gasteiger partial charge in [-0.15, -0.1) is 0 Å². The smallest absolute Gasteiger partial charge is 0.357 e. The molecule has 0 atom stereocenters. The summed E-state index contributed by atoms with van der Waals surface area (Å²) < 4.78 is 19.6. The van der Waals surface area contributed by atoms with Gasteiger partial charge in [0.1, 0.15) is 11.6 Å². The number of carbonyl (C=O) groups is 1. The van der Waals surface area contributed by atoms with Gasteiger partial charge >= 0.3 is 5.97 Å². The van der Waals surface area contributed by atoms with Gasteiger partial charge in [-0.2, -0.15) is 0 Å². The van der Waals surface area contributed by atoms with Crippen molar-refractivity contribution in [2.24, 2.45) is 0 Å². The number of carbonyl (C=O) groups excluding carboxylic acids is 1. The van der Waals surface area contributed by atoms with E-state index >= 15 is 0 Å². The Kier molecular flexibility index (Phi) is 5.67. The van der Waals surface area contributed by atoms with Gasteiger partial charge in [-0.25, -0.2) is 24.1 Å². The highest BCUT2D eigenvalue weighted by atomic mass is 19.1. The first-order chi connectivity index (χ1) is 13.4. The second-order valence-electron chi connectivity index (χ2n) is 6.59. The number of H-pyrrole nitrogens is 1. The Morgan fingerprint density at radius 1 is 1.25 bits per heavy atom. The van der Waals surface area contributed by atoms with Gasteiger partial charge in [0.2, 0.25) is 5.95 Å². The van der Waals surface area contributed by atoms with Gasteiger partial charge < -0.3 is 15.0 Å². The first-order valence-electron chi connectivity index (χ1n) is 9.02. The van der Waals surface area contributed by atoms with E-state index in [0.717, 1.165) is 5.69 Å². The molecule has 0 spiro atoms. The van der Waals surface area contributed by atoms with Crippen molar-refractivity contribution < 1.29 is 13.9 Å². The lowest BCUT2D eigenvalue weighted by atomic mass is 10.1. The maximum atomic E-state index is 14.5. The lowest BCUT2D eigenvalue weighted by Gasteiger charge is -2.12. The highest BCUT2D eigenvalue weighted by Gasteiger charge is 2.15. The van der Waals surface area contributed by atoms with Crippen LogP contribution in [-0.4, -0.2) is 32.5 Å². The molecule has 0 aliphatic heterocycles. The van der Waals surface area contributed by atoms with Crippen molar-refractivity contribution in [2.75, 3.05) is 11.9 Å². The van der Waals surface area contributed by atoms with Crippen LogP contribution < -0.4 is 5.32 Å². The number of halogens is 1. The van der Waals surface area contributed by atoms with Gasteiger partial charge in [-0.05, 0) is 44.0 Å². The number of aromatic amines is 1. The van der Waals surface area contributed by atoms with Crippen LogP contribution in [0.3, 0.4) is 0 Å². The average Bonchev–Trinajstić information content (AvgIpc) is 3.07. The summed E-state index contributed by atoms with van der Waals surface area (Å²) in [4.78, 5) is 27.9. The number of aryl methyl sites for hydroxylation is 1. The third-order valence-corrected chi connectivity index (χ3v) is 4.01. The summed E-state index contributed by atoms with van der Waals surface area (Å²) in [7, 11) is 0. The Labute approximate surface area is 162 Å². The van der Waals surface area contributed by atoms with E-state index in [-0.39, 0.29) is 24.2 Å². The fraction of sp³-hybridized carbons (Fsp3) is 0.300. The van der Waals surface area contributed by atoms with E-state index in [9.17, 15) is 9.18 Å². The second kappa shape index (κ2) is 8.16. The topological polar surface area (TPSA) is 92.8 Å². The number of aromatic nitrogens is 4. The molecule has 0 unspecified atom stereocenters. The molecule has 3 rings (SSSR count). The summed E-state index contributed by atoms with van der Waals surface area (Å²) in [5.41, 5.74) is 2.44. The van der Waals surface area contributed by atoms with Crippen molar-refractivity contribution in [3.63, 3.8) is 0 Å². The molecular formula is C20H22FN5O2. The zero-order chi connectivity index (χ0) is 20.3. The minimum Gasteiger partial charge on any atom is -0.461 e. The van der Waals surface area contributed by atoms with Crippen LogP contribution in [-0.2, 0) is 4.74 Å². The summed E-state index contributed by atoms with van der Waals surface area (Å²) in [6, 6.07) is 6.26. The third kappa shape index (κ3) is 4.33. The van der Waals surface area contributed by atoms with Gasteiger partial charge in [0.25, 0.3) is 0 Å². The molecule has 0 bridgehead atoms. The standard InChI is InChI=1S/C20H22FN5O2/c1-5-28-19(27)17-9-16(11(2)3)25-20(26-17)24-13-6-7-14(15(21)8-13)18-22-10-12(4)23-18/h6-11H,5H2,1-4H3,(H,22,23)(H,24,25,26). The second-order valence-corrected chi connectivity index (χ2v) is 6.59. The SMILES string of the molecule is CCOC(=O)c1cc(C(C)C)nc(Nc2ccc(-c3nc(C)c[nH]3)c(F)c2)n1. The molecule has 3 aromatic rings. The lowest BCUT2D eigenvalue weighted by Crippen LogP contribution is -2.11. The summed E-state index contributed by atoms with van der Waals surface area (Å²) in [5.74, 6) is -0.216. The molecule has 8 heteroatoms. The van der Waals surface area contributed by atoms with Crippen LogP contribution in [0.2, 0.25) is 0 Å². The van der Waals surface area contributed by atoms with Crippen molar-refractivity contribution >= 4 is 17.6 Å².